The molecule has 0 saturated carbocycles. The quantitative estimate of drug-likeness (QED) is 0.382. The lowest BCUT2D eigenvalue weighted by molar-refractivity contribution is 0.0962. The fourth-order valence-electron chi connectivity index (χ4n) is 2.31. The maximum atomic E-state index is 13.0. The zero-order chi connectivity index (χ0) is 17.8. The molecule has 128 valence electrons. The molecule has 1 atom stereocenters. The largest absolute Gasteiger partial charge is 0.497 e. The monoisotopic (exact) mass is 355 g/mol. The van der Waals surface area contributed by atoms with Crippen LogP contribution in [0.3, 0.4) is 0 Å². The van der Waals surface area contributed by atoms with Gasteiger partial charge in [0.1, 0.15) is 18.4 Å². The van der Waals surface area contributed by atoms with E-state index in [9.17, 15) is 4.79 Å². The van der Waals surface area contributed by atoms with E-state index in [4.69, 9.17) is 4.74 Å². The van der Waals surface area contributed by atoms with Gasteiger partial charge >= 0.3 is 0 Å². The Morgan fingerprint density at radius 3 is 2.40 bits per heavy atom. The van der Waals surface area contributed by atoms with Gasteiger partial charge < -0.3 is 4.74 Å². The first-order valence-electron chi connectivity index (χ1n) is 7.58. The number of carbonyl (C=O) groups is 1. The minimum absolute atomic E-state index is 0.110. The third kappa shape index (κ3) is 4.03. The van der Waals surface area contributed by atoms with Crippen molar-refractivity contribution in [2.75, 3.05) is 7.11 Å². The van der Waals surface area contributed by atoms with Crippen LogP contribution in [0.15, 0.2) is 48.1 Å². The Labute approximate surface area is 149 Å². The zero-order valence-corrected chi connectivity index (χ0v) is 14.9. The zero-order valence-electron chi connectivity index (χ0n) is 14.1. The summed E-state index contributed by atoms with van der Waals surface area (Å²) in [7, 11) is 1.59. The first-order chi connectivity index (χ1) is 12.1. The summed E-state index contributed by atoms with van der Waals surface area (Å²) in [6.45, 7) is 3.79. The average molecular weight is 355 g/mol. The lowest BCUT2D eigenvalue weighted by atomic mass is 10.1. The van der Waals surface area contributed by atoms with Crippen LogP contribution in [0.1, 0.15) is 27.1 Å². The second kappa shape index (κ2) is 7.43. The van der Waals surface area contributed by atoms with E-state index in [-0.39, 0.29) is 5.78 Å². The van der Waals surface area contributed by atoms with E-state index in [1.807, 2.05) is 19.9 Å². The van der Waals surface area contributed by atoms with Crippen LogP contribution in [0.25, 0.3) is 0 Å². The van der Waals surface area contributed by atoms with Crippen LogP contribution in [0.5, 0.6) is 5.75 Å². The smallest absolute Gasteiger partial charge is 0.198 e. The van der Waals surface area contributed by atoms with Crippen LogP contribution in [-0.2, 0) is 0 Å². The van der Waals surface area contributed by atoms with Gasteiger partial charge in [-0.1, -0.05) is 11.8 Å². The van der Waals surface area contributed by atoms with Crippen LogP contribution >= 0.6 is 11.8 Å². The van der Waals surface area contributed by atoms with Crippen LogP contribution in [0.4, 0.5) is 0 Å². The number of ketones is 1. The van der Waals surface area contributed by atoms with Gasteiger partial charge in [0.25, 0.3) is 0 Å². The molecule has 0 spiro atoms. The van der Waals surface area contributed by atoms with Gasteiger partial charge in [-0.3, -0.25) is 4.79 Å². The lowest BCUT2D eigenvalue weighted by Gasteiger charge is -2.15. The van der Waals surface area contributed by atoms with Crippen LogP contribution in [0.2, 0.25) is 0 Å². The van der Waals surface area contributed by atoms with E-state index in [1.165, 1.54) is 29.1 Å². The highest BCUT2D eigenvalue weighted by Crippen LogP contribution is 2.31. The third-order valence-electron chi connectivity index (χ3n) is 3.45. The molecule has 1 unspecified atom stereocenters. The Bertz CT molecular complexity index is 845. The molecule has 3 rings (SSSR count). The summed E-state index contributed by atoms with van der Waals surface area (Å²) in [5.74, 6) is 0.583. The first kappa shape index (κ1) is 17.1. The van der Waals surface area contributed by atoms with Crippen molar-refractivity contribution in [2.24, 2.45) is 0 Å². The third-order valence-corrected chi connectivity index (χ3v) is 4.50. The van der Waals surface area contributed by atoms with Crippen molar-refractivity contribution < 1.29 is 9.53 Å². The second-order valence-corrected chi connectivity index (χ2v) is 6.42. The maximum Gasteiger partial charge on any atom is 0.198 e. The number of nitrogens with zero attached hydrogens (tertiary/aromatic N) is 5. The van der Waals surface area contributed by atoms with Crippen molar-refractivity contribution in [1.29, 1.82) is 0 Å². The predicted molar refractivity (Wildman–Crippen MR) is 93.7 cm³/mol. The summed E-state index contributed by atoms with van der Waals surface area (Å²) < 4.78 is 6.65. The van der Waals surface area contributed by atoms with Gasteiger partial charge in [-0.05, 0) is 44.2 Å². The Morgan fingerprint density at radius 1 is 1.16 bits per heavy atom. The van der Waals surface area contributed by atoms with Gasteiger partial charge in [0.15, 0.2) is 16.3 Å². The molecule has 0 N–H and O–H groups in total. The summed E-state index contributed by atoms with van der Waals surface area (Å²) in [5.41, 5.74) is 2.26. The molecule has 2 heterocycles. The van der Waals surface area contributed by atoms with Crippen molar-refractivity contribution in [1.82, 2.24) is 24.7 Å². The van der Waals surface area contributed by atoms with Crippen molar-refractivity contribution in [3.8, 4) is 5.75 Å². The number of hydrogen-bond acceptors (Lipinski definition) is 7. The molecule has 0 saturated heterocycles. The molecule has 0 bridgehead atoms. The maximum absolute atomic E-state index is 13.0. The van der Waals surface area contributed by atoms with E-state index >= 15 is 0 Å². The molecule has 7 nitrogen and oxygen atoms in total. The number of hydrogen-bond donors (Lipinski definition) is 0. The molecule has 3 aromatic rings. The molecule has 8 heteroatoms. The lowest BCUT2D eigenvalue weighted by Crippen LogP contribution is -2.18. The Hall–Kier alpha value is -2.74. The summed E-state index contributed by atoms with van der Waals surface area (Å²) in [4.78, 5) is 25.8. The van der Waals surface area contributed by atoms with Gasteiger partial charge in [-0.25, -0.2) is 19.6 Å². The van der Waals surface area contributed by atoms with Gasteiger partial charge in [-0.15, -0.1) is 0 Å². The number of rotatable bonds is 6. The molecule has 0 amide bonds. The van der Waals surface area contributed by atoms with Gasteiger partial charge in [0.2, 0.25) is 0 Å². The molecule has 25 heavy (non-hydrogen) atoms. The first-order valence-corrected chi connectivity index (χ1v) is 8.46. The Balaban J connectivity index is 1.93. The van der Waals surface area contributed by atoms with Crippen LogP contribution in [-0.4, -0.2) is 37.6 Å². The minimum atomic E-state index is -0.642. The highest BCUT2D eigenvalue weighted by molar-refractivity contribution is 7.99. The topological polar surface area (TPSA) is 82.8 Å². The molecule has 0 fully saturated rings. The molecular weight excluding hydrogens is 338 g/mol. The summed E-state index contributed by atoms with van der Waals surface area (Å²) in [6, 6.07) is 8.86. The fourth-order valence-corrected chi connectivity index (χ4v) is 3.36. The molecular formula is C17H17N5O2S. The summed E-state index contributed by atoms with van der Waals surface area (Å²) in [5, 5.41) is 4.01. The fraction of sp³-hybridized carbons (Fsp3) is 0.235. The van der Waals surface area contributed by atoms with E-state index in [0.717, 1.165) is 11.4 Å². The number of benzene rings is 1. The normalized spacial score (nSPS) is 12.0. The number of methoxy groups -OCH3 is 1. The number of carbonyl (C=O) groups excluding carboxylic acids is 1. The number of aromatic nitrogens is 5. The average Bonchev–Trinajstić information content (AvgIpc) is 3.12. The summed E-state index contributed by atoms with van der Waals surface area (Å²) >= 11 is 1.25. The molecule has 2 aromatic heterocycles. The molecule has 0 aliphatic rings. The van der Waals surface area contributed by atoms with Crippen molar-refractivity contribution in [3.05, 3.63) is 59.9 Å². The van der Waals surface area contributed by atoms with Crippen LogP contribution < -0.4 is 4.74 Å². The van der Waals surface area contributed by atoms with E-state index in [0.29, 0.717) is 16.5 Å². The van der Waals surface area contributed by atoms with Gasteiger partial charge in [0, 0.05) is 17.0 Å². The highest BCUT2D eigenvalue weighted by atomic mass is 32.2. The van der Waals surface area contributed by atoms with Crippen molar-refractivity contribution in [2.45, 2.75) is 24.4 Å². The number of thioether (sulfide) groups is 1. The number of ether oxygens (including phenoxy) is 1. The van der Waals surface area contributed by atoms with E-state index in [1.54, 1.807) is 31.4 Å². The molecule has 0 aliphatic heterocycles. The SMILES string of the molecule is COc1ccc(C(=O)C(Sc2nc(C)cc(C)n2)n2cncn2)cc1. The second-order valence-electron chi connectivity index (χ2n) is 5.37. The van der Waals surface area contributed by atoms with E-state index < -0.39 is 5.37 Å². The Morgan fingerprint density at radius 2 is 1.84 bits per heavy atom. The number of Topliss-reactive ketones (excluding diaryl/α,β-unsaturated/α-hetero) is 1. The highest BCUT2D eigenvalue weighted by Gasteiger charge is 2.25. The van der Waals surface area contributed by atoms with Gasteiger partial charge in [-0.2, -0.15) is 5.10 Å². The van der Waals surface area contributed by atoms with Gasteiger partial charge in [0.05, 0.1) is 7.11 Å². The molecule has 0 radical (unpaired) electrons. The molecule has 0 aliphatic carbocycles. The van der Waals surface area contributed by atoms with Crippen molar-refractivity contribution in [3.63, 3.8) is 0 Å². The predicted octanol–water partition coefficient (Wildman–Crippen LogP) is 2.87. The Kier molecular flexibility index (Phi) is 5.08. The van der Waals surface area contributed by atoms with Crippen LogP contribution in [0, 0.1) is 13.8 Å². The van der Waals surface area contributed by atoms with Crippen molar-refractivity contribution >= 4 is 17.5 Å². The van der Waals surface area contributed by atoms with E-state index in [2.05, 4.69) is 20.1 Å². The standard InChI is InChI=1S/C17H17N5O2S/c1-11-8-12(2)21-17(20-11)25-16(22-10-18-9-19-22)15(23)13-4-6-14(24-3)7-5-13/h4-10,16H,1-3H3. The molecule has 1 aromatic carbocycles. The summed E-state index contributed by atoms with van der Waals surface area (Å²) in [6.07, 6.45) is 2.92. The minimum Gasteiger partial charge on any atom is -0.497 e. The number of aryl methyl sites for hydroxylation is 2.